The van der Waals surface area contributed by atoms with Crippen molar-refractivity contribution in [3.05, 3.63) is 40.6 Å². The average Bonchev–Trinajstić information content (AvgIpc) is 2.70. The first-order valence-electron chi connectivity index (χ1n) is 4.17. The lowest BCUT2D eigenvalue weighted by molar-refractivity contribution is 0.528. The molecule has 0 N–H and O–H groups in total. The first kappa shape index (κ1) is 10.6. The van der Waals surface area contributed by atoms with E-state index in [2.05, 4.69) is 20.9 Å². The van der Waals surface area contributed by atoms with Gasteiger partial charge in [-0.25, -0.2) is 9.37 Å². The van der Waals surface area contributed by atoms with Gasteiger partial charge in [-0.15, -0.1) is 11.6 Å². The summed E-state index contributed by atoms with van der Waals surface area (Å²) in [7, 11) is 0. The van der Waals surface area contributed by atoms with Crippen LogP contribution in [0.2, 0.25) is 0 Å². The Balaban J connectivity index is 2.40. The smallest absolute Gasteiger partial charge is 0.209 e. The lowest BCUT2D eigenvalue weighted by Gasteiger charge is -1.97. The summed E-state index contributed by atoms with van der Waals surface area (Å²) in [6, 6.07) is 4.74. The summed E-state index contributed by atoms with van der Waals surface area (Å²) in [5.74, 6) is 0.808. The van der Waals surface area contributed by atoms with Gasteiger partial charge in [0.05, 0.1) is 16.5 Å². The molecule has 0 bridgehead atoms. The van der Waals surface area contributed by atoms with Crippen LogP contribution in [-0.2, 0) is 5.88 Å². The van der Waals surface area contributed by atoms with Crippen molar-refractivity contribution in [2.75, 3.05) is 0 Å². The van der Waals surface area contributed by atoms with Gasteiger partial charge in [0.1, 0.15) is 5.82 Å². The number of benzene rings is 1. The van der Waals surface area contributed by atoms with E-state index in [0.29, 0.717) is 21.7 Å². The summed E-state index contributed by atoms with van der Waals surface area (Å²) in [6.45, 7) is 0. The molecular weight excluding hydrogens is 284 g/mol. The third-order valence-electron chi connectivity index (χ3n) is 1.87. The summed E-state index contributed by atoms with van der Waals surface area (Å²) in [5, 5.41) is 0. The SMILES string of the molecule is Fc1cc(-c2cnc(CCl)o2)ccc1Br. The number of nitrogens with zero attached hydrogens (tertiary/aromatic N) is 1. The van der Waals surface area contributed by atoms with E-state index in [-0.39, 0.29) is 11.7 Å². The molecule has 78 valence electrons. The molecule has 2 nitrogen and oxygen atoms in total. The van der Waals surface area contributed by atoms with Gasteiger partial charge in [-0.05, 0) is 34.1 Å². The minimum atomic E-state index is -0.337. The zero-order chi connectivity index (χ0) is 10.8. The van der Waals surface area contributed by atoms with Crippen molar-refractivity contribution in [3.63, 3.8) is 0 Å². The van der Waals surface area contributed by atoms with Crippen LogP contribution in [0.25, 0.3) is 11.3 Å². The molecule has 0 radical (unpaired) electrons. The van der Waals surface area contributed by atoms with Crippen LogP contribution < -0.4 is 0 Å². The Morgan fingerprint density at radius 2 is 2.27 bits per heavy atom. The van der Waals surface area contributed by atoms with Crippen molar-refractivity contribution in [1.29, 1.82) is 0 Å². The predicted molar refractivity (Wildman–Crippen MR) is 59.2 cm³/mol. The molecule has 0 saturated heterocycles. The summed E-state index contributed by atoms with van der Waals surface area (Å²) >= 11 is 8.62. The molecule has 1 aromatic heterocycles. The summed E-state index contributed by atoms with van der Waals surface area (Å²) in [4.78, 5) is 3.93. The molecule has 1 heterocycles. The second-order valence-corrected chi connectivity index (χ2v) is 4.00. The molecule has 0 amide bonds. The highest BCUT2D eigenvalue weighted by atomic mass is 79.9. The van der Waals surface area contributed by atoms with Crippen molar-refractivity contribution in [3.8, 4) is 11.3 Å². The molecule has 1 aromatic carbocycles. The highest BCUT2D eigenvalue weighted by molar-refractivity contribution is 9.10. The lowest BCUT2D eigenvalue weighted by atomic mass is 10.2. The average molecular weight is 291 g/mol. The zero-order valence-electron chi connectivity index (χ0n) is 7.51. The number of halogens is 3. The van der Waals surface area contributed by atoms with E-state index in [0.717, 1.165) is 0 Å². The number of hydrogen-bond acceptors (Lipinski definition) is 2. The first-order chi connectivity index (χ1) is 7.20. The van der Waals surface area contributed by atoms with Crippen molar-refractivity contribution < 1.29 is 8.81 Å². The number of oxazole rings is 1. The molecule has 0 aliphatic rings. The maximum atomic E-state index is 13.2. The second kappa shape index (κ2) is 4.33. The van der Waals surface area contributed by atoms with Gasteiger partial charge in [-0.2, -0.15) is 0 Å². The van der Waals surface area contributed by atoms with Gasteiger partial charge in [0.2, 0.25) is 5.89 Å². The Bertz CT molecular complexity index is 486. The van der Waals surface area contributed by atoms with E-state index in [9.17, 15) is 4.39 Å². The second-order valence-electron chi connectivity index (χ2n) is 2.88. The molecule has 2 aromatic rings. The lowest BCUT2D eigenvalue weighted by Crippen LogP contribution is -1.79. The van der Waals surface area contributed by atoms with Crippen molar-refractivity contribution in [2.24, 2.45) is 0 Å². The monoisotopic (exact) mass is 289 g/mol. The zero-order valence-corrected chi connectivity index (χ0v) is 9.85. The van der Waals surface area contributed by atoms with Crippen molar-refractivity contribution in [2.45, 2.75) is 5.88 Å². The van der Waals surface area contributed by atoms with Gasteiger partial charge in [0.25, 0.3) is 0 Å². The van der Waals surface area contributed by atoms with Gasteiger partial charge in [0.15, 0.2) is 5.76 Å². The van der Waals surface area contributed by atoms with Crippen LogP contribution in [0.4, 0.5) is 4.39 Å². The highest BCUT2D eigenvalue weighted by Gasteiger charge is 2.07. The standard InChI is InChI=1S/C10H6BrClFNO/c11-7-2-1-6(3-8(7)13)9-5-14-10(4-12)15-9/h1-3,5H,4H2. The Hall–Kier alpha value is -0.870. The van der Waals surface area contributed by atoms with E-state index in [1.54, 1.807) is 12.1 Å². The Morgan fingerprint density at radius 1 is 1.47 bits per heavy atom. The van der Waals surface area contributed by atoms with Crippen LogP contribution in [-0.4, -0.2) is 4.98 Å². The first-order valence-corrected chi connectivity index (χ1v) is 5.49. The van der Waals surface area contributed by atoms with E-state index < -0.39 is 0 Å². The summed E-state index contributed by atoms with van der Waals surface area (Å²) in [6.07, 6.45) is 1.53. The van der Waals surface area contributed by atoms with E-state index in [4.69, 9.17) is 16.0 Å². The largest absolute Gasteiger partial charge is 0.439 e. The number of alkyl halides is 1. The molecule has 0 aliphatic heterocycles. The number of hydrogen-bond donors (Lipinski definition) is 0. The molecule has 5 heteroatoms. The molecule has 0 fully saturated rings. The van der Waals surface area contributed by atoms with E-state index >= 15 is 0 Å². The Kier molecular flexibility index (Phi) is 3.07. The van der Waals surface area contributed by atoms with Crippen LogP contribution in [0.15, 0.2) is 33.3 Å². The molecule has 2 rings (SSSR count). The van der Waals surface area contributed by atoms with Gasteiger partial charge >= 0.3 is 0 Å². The van der Waals surface area contributed by atoms with Gasteiger partial charge in [-0.3, -0.25) is 0 Å². The quantitative estimate of drug-likeness (QED) is 0.782. The highest BCUT2D eigenvalue weighted by Crippen LogP contribution is 2.25. The fraction of sp³-hybridized carbons (Fsp3) is 0.100. The summed E-state index contributed by atoms with van der Waals surface area (Å²) < 4.78 is 18.9. The van der Waals surface area contributed by atoms with Crippen LogP contribution in [0.3, 0.4) is 0 Å². The molecular formula is C10H6BrClFNO. The van der Waals surface area contributed by atoms with Crippen LogP contribution in [0.1, 0.15) is 5.89 Å². The van der Waals surface area contributed by atoms with Crippen molar-refractivity contribution >= 4 is 27.5 Å². The number of aromatic nitrogens is 1. The fourth-order valence-electron chi connectivity index (χ4n) is 1.15. The minimum absolute atomic E-state index is 0.207. The molecule has 15 heavy (non-hydrogen) atoms. The Labute approximate surface area is 99.2 Å². The summed E-state index contributed by atoms with van der Waals surface area (Å²) in [5.41, 5.74) is 0.638. The third kappa shape index (κ3) is 2.21. The molecule has 0 aliphatic carbocycles. The Morgan fingerprint density at radius 3 is 2.87 bits per heavy atom. The van der Waals surface area contributed by atoms with E-state index in [1.165, 1.54) is 12.3 Å². The molecule has 0 saturated carbocycles. The minimum Gasteiger partial charge on any atom is -0.439 e. The maximum absolute atomic E-state index is 13.2. The normalized spacial score (nSPS) is 10.6. The topological polar surface area (TPSA) is 26.0 Å². The van der Waals surface area contributed by atoms with Gasteiger partial charge < -0.3 is 4.42 Å². The van der Waals surface area contributed by atoms with Crippen LogP contribution in [0.5, 0.6) is 0 Å². The van der Waals surface area contributed by atoms with Gasteiger partial charge in [-0.1, -0.05) is 0 Å². The molecule has 0 atom stereocenters. The third-order valence-corrected chi connectivity index (χ3v) is 2.74. The maximum Gasteiger partial charge on any atom is 0.209 e. The van der Waals surface area contributed by atoms with Crippen molar-refractivity contribution in [1.82, 2.24) is 4.98 Å². The fourth-order valence-corrected chi connectivity index (χ4v) is 1.53. The van der Waals surface area contributed by atoms with Crippen LogP contribution in [0, 0.1) is 5.82 Å². The van der Waals surface area contributed by atoms with E-state index in [1.807, 2.05) is 0 Å². The van der Waals surface area contributed by atoms with Gasteiger partial charge in [0, 0.05) is 5.56 Å². The molecule has 0 unspecified atom stereocenters. The van der Waals surface area contributed by atoms with Crippen LogP contribution >= 0.6 is 27.5 Å². The number of rotatable bonds is 2. The predicted octanol–water partition coefficient (Wildman–Crippen LogP) is 3.98. The molecule has 0 spiro atoms.